The van der Waals surface area contributed by atoms with Gasteiger partial charge in [0.25, 0.3) is 0 Å². The van der Waals surface area contributed by atoms with Gasteiger partial charge in [0.15, 0.2) is 0 Å². The number of nitrogens with one attached hydrogen (secondary N) is 1. The third kappa shape index (κ3) is 3.19. The summed E-state index contributed by atoms with van der Waals surface area (Å²) in [5, 5.41) is 11.9. The van der Waals surface area contributed by atoms with E-state index >= 15 is 0 Å². The maximum atomic E-state index is 11.4. The van der Waals surface area contributed by atoms with Crippen LogP contribution in [-0.4, -0.2) is 27.4 Å². The van der Waals surface area contributed by atoms with Crippen molar-refractivity contribution in [1.82, 2.24) is 9.38 Å². The fourth-order valence-electron chi connectivity index (χ4n) is 2.52. The molecule has 0 aliphatic rings. The number of aromatic carboxylic acids is 1. The highest BCUT2D eigenvalue weighted by atomic mass is 35.5. The molecule has 0 fully saturated rings. The number of fused-ring (bicyclic) bond motifs is 1. The summed E-state index contributed by atoms with van der Waals surface area (Å²) in [5.74, 6) is -1.26. The Morgan fingerprint density at radius 2 is 2.10 bits per heavy atom. The Morgan fingerprint density at radius 1 is 1.43 bits per heavy atom. The summed E-state index contributed by atoms with van der Waals surface area (Å²) in [6.45, 7) is 9.88. The van der Waals surface area contributed by atoms with Crippen LogP contribution in [0.5, 0.6) is 0 Å². The van der Waals surface area contributed by atoms with Crippen LogP contribution in [0.3, 0.4) is 0 Å². The van der Waals surface area contributed by atoms with E-state index in [-0.39, 0.29) is 11.2 Å². The first kappa shape index (κ1) is 15.8. The zero-order valence-corrected chi connectivity index (χ0v) is 13.5. The number of rotatable bonds is 4. The van der Waals surface area contributed by atoms with E-state index in [1.54, 1.807) is 22.7 Å². The number of aromatic nitrogens is 2. The second-order valence-electron chi connectivity index (χ2n) is 6.15. The van der Waals surface area contributed by atoms with Gasteiger partial charge >= 0.3 is 0 Å². The van der Waals surface area contributed by atoms with E-state index in [0.29, 0.717) is 22.9 Å². The molecule has 0 amide bonds. The number of halogens is 1. The topological polar surface area (TPSA) is 61.9 Å². The van der Waals surface area contributed by atoms with Crippen molar-refractivity contribution in [3.05, 3.63) is 34.7 Å². The van der Waals surface area contributed by atoms with Crippen LogP contribution in [0, 0.1) is 0 Å². The molecule has 2 aromatic heterocycles. The van der Waals surface area contributed by atoms with Crippen LogP contribution in [0.25, 0.3) is 5.65 Å². The quantitative estimate of drug-likeness (QED) is 0.897. The van der Waals surface area contributed by atoms with Crippen LogP contribution >= 0.6 is 11.6 Å². The first-order chi connectivity index (χ1) is 9.74. The van der Waals surface area contributed by atoms with Crippen LogP contribution in [0.15, 0.2) is 18.3 Å². The second-order valence-corrected chi connectivity index (χ2v) is 6.59. The summed E-state index contributed by atoms with van der Waals surface area (Å²) in [4.78, 5) is 16.8. The molecule has 0 aliphatic heterocycles. The smallest absolute Gasteiger partial charge is 0.137 e. The van der Waals surface area contributed by atoms with E-state index in [0.717, 1.165) is 6.54 Å². The number of carbonyl (C=O) groups is 1. The number of pyridine rings is 1. The van der Waals surface area contributed by atoms with Gasteiger partial charge in [-0.1, -0.05) is 11.6 Å². The summed E-state index contributed by atoms with van der Waals surface area (Å²) in [6.07, 6.45) is 1.70. The van der Waals surface area contributed by atoms with Gasteiger partial charge in [-0.25, -0.2) is 4.98 Å². The maximum Gasteiger partial charge on any atom is 0.137 e. The predicted molar refractivity (Wildman–Crippen MR) is 79.5 cm³/mol. The number of carboxylic acid groups (broad SMARTS) is 1. The van der Waals surface area contributed by atoms with Crippen LogP contribution in [0.2, 0.25) is 5.02 Å². The van der Waals surface area contributed by atoms with Crippen molar-refractivity contribution in [1.29, 1.82) is 0 Å². The average molecular weight is 310 g/mol. The molecule has 114 valence electrons. The second kappa shape index (κ2) is 5.66. The molecule has 6 heteroatoms. The highest BCUT2D eigenvalue weighted by Crippen LogP contribution is 2.16. The number of carbonyl (C=O) groups excluding carboxylic acids is 1. The van der Waals surface area contributed by atoms with E-state index < -0.39 is 5.97 Å². The average Bonchev–Trinajstić information content (AvgIpc) is 2.72. The molecule has 1 atom stereocenters. The maximum absolute atomic E-state index is 11.4. The molecule has 0 saturated heterocycles. The summed E-state index contributed by atoms with van der Waals surface area (Å²) < 4.78 is 1.74. The molecule has 0 spiro atoms. The van der Waals surface area contributed by atoms with E-state index in [1.165, 1.54) is 4.90 Å². The third-order valence-corrected chi connectivity index (χ3v) is 3.97. The minimum Gasteiger partial charge on any atom is -0.543 e. The number of quaternary nitrogens is 1. The first-order valence-corrected chi connectivity index (χ1v) is 7.34. The van der Waals surface area contributed by atoms with Crippen LogP contribution in [0.1, 0.15) is 43.9 Å². The molecule has 0 aliphatic carbocycles. The van der Waals surface area contributed by atoms with Gasteiger partial charge < -0.3 is 14.8 Å². The van der Waals surface area contributed by atoms with Gasteiger partial charge in [0.2, 0.25) is 0 Å². The molecule has 0 radical (unpaired) electrons. The highest BCUT2D eigenvalue weighted by Gasteiger charge is 2.27. The summed E-state index contributed by atoms with van der Waals surface area (Å²) in [6, 6.07) is 3.40. The van der Waals surface area contributed by atoms with Crippen LogP contribution in [-0.2, 0) is 6.54 Å². The summed E-state index contributed by atoms with van der Waals surface area (Å²) in [7, 11) is 0. The van der Waals surface area contributed by atoms with Crippen molar-refractivity contribution in [3.8, 4) is 0 Å². The Hall–Kier alpha value is -1.59. The molecule has 0 aromatic carbocycles. The normalized spacial score (nSPS) is 13.6. The zero-order chi connectivity index (χ0) is 15.8. The Labute approximate surface area is 129 Å². The van der Waals surface area contributed by atoms with Crippen molar-refractivity contribution < 1.29 is 14.8 Å². The van der Waals surface area contributed by atoms with Crippen molar-refractivity contribution in [2.45, 2.75) is 39.8 Å². The van der Waals surface area contributed by atoms with Gasteiger partial charge in [-0.05, 0) is 39.8 Å². The molecule has 2 aromatic rings. The first-order valence-electron chi connectivity index (χ1n) is 6.97. The summed E-state index contributed by atoms with van der Waals surface area (Å²) in [5.41, 5.74) is 1.19. The van der Waals surface area contributed by atoms with Gasteiger partial charge in [-0.3, -0.25) is 4.40 Å². The number of nitrogens with zero attached hydrogens (tertiary/aromatic N) is 2. The monoisotopic (exact) mass is 309 g/mol. The lowest BCUT2D eigenvalue weighted by atomic mass is 10.1. The molecule has 0 bridgehead atoms. The Morgan fingerprint density at radius 3 is 2.62 bits per heavy atom. The van der Waals surface area contributed by atoms with Crippen molar-refractivity contribution >= 4 is 23.2 Å². The number of imidazole rings is 1. The molecule has 1 N–H and O–H groups in total. The lowest BCUT2D eigenvalue weighted by molar-refractivity contribution is -0.958. The van der Waals surface area contributed by atoms with E-state index in [4.69, 9.17) is 11.6 Å². The minimum absolute atomic E-state index is 0.000675. The lowest BCUT2D eigenvalue weighted by Crippen LogP contribution is -3.17. The molecule has 21 heavy (non-hydrogen) atoms. The number of carboxylic acids is 1. The zero-order valence-electron chi connectivity index (χ0n) is 12.7. The largest absolute Gasteiger partial charge is 0.543 e. The molecule has 2 heterocycles. The standard InChI is InChI=1S/C15H20ClN3O2/c1-5-18(15(2,3)4)9-11-13(14(20)21)17-12-7-6-10(16)8-19(11)12/h6-8H,5,9H2,1-4H3,(H,20,21). The minimum atomic E-state index is -1.26. The van der Waals surface area contributed by atoms with Crippen LogP contribution in [0.4, 0.5) is 0 Å². The molecular formula is C15H20ClN3O2. The predicted octanol–water partition coefficient (Wildman–Crippen LogP) is 0.555. The van der Waals surface area contributed by atoms with Crippen molar-refractivity contribution in [3.63, 3.8) is 0 Å². The highest BCUT2D eigenvalue weighted by molar-refractivity contribution is 6.30. The van der Waals surface area contributed by atoms with Crippen molar-refractivity contribution in [2.75, 3.05) is 6.54 Å². The third-order valence-electron chi connectivity index (χ3n) is 3.74. The van der Waals surface area contributed by atoms with Gasteiger partial charge in [-0.2, -0.15) is 0 Å². The molecular weight excluding hydrogens is 290 g/mol. The lowest BCUT2D eigenvalue weighted by Gasteiger charge is -2.31. The Kier molecular flexibility index (Phi) is 4.25. The van der Waals surface area contributed by atoms with Gasteiger partial charge in [-0.15, -0.1) is 0 Å². The Balaban J connectivity index is 2.57. The number of hydrogen-bond acceptors (Lipinski definition) is 3. The fraction of sp³-hybridized carbons (Fsp3) is 0.467. The molecule has 5 nitrogen and oxygen atoms in total. The fourth-order valence-corrected chi connectivity index (χ4v) is 2.68. The van der Waals surface area contributed by atoms with E-state index in [9.17, 15) is 9.90 Å². The van der Waals surface area contributed by atoms with Gasteiger partial charge in [0.05, 0.1) is 23.1 Å². The van der Waals surface area contributed by atoms with Crippen LogP contribution < -0.4 is 10.0 Å². The van der Waals surface area contributed by atoms with Gasteiger partial charge in [0, 0.05) is 6.20 Å². The molecule has 1 unspecified atom stereocenters. The molecule has 2 rings (SSSR count). The van der Waals surface area contributed by atoms with Gasteiger partial charge in [0.1, 0.15) is 23.6 Å². The van der Waals surface area contributed by atoms with E-state index in [1.807, 2.05) is 0 Å². The molecule has 0 saturated carbocycles. The number of hydrogen-bond donors (Lipinski definition) is 1. The van der Waals surface area contributed by atoms with E-state index in [2.05, 4.69) is 32.7 Å². The summed E-state index contributed by atoms with van der Waals surface area (Å²) >= 11 is 6.02. The van der Waals surface area contributed by atoms with Crippen molar-refractivity contribution in [2.24, 2.45) is 0 Å². The SMILES string of the molecule is CC[NH+](Cc1c(C(=O)[O-])nc2ccc(Cl)cn12)C(C)(C)C. The Bertz CT molecular complexity index is 673.